The zero-order valence-corrected chi connectivity index (χ0v) is 11.9. The molecular formula is C13H16ClN3O4. The maximum absolute atomic E-state index is 11.6. The third kappa shape index (κ3) is 6.62. The van der Waals surface area contributed by atoms with Crippen molar-refractivity contribution in [1.29, 1.82) is 0 Å². The second kappa shape index (κ2) is 8.11. The maximum atomic E-state index is 11.6. The van der Waals surface area contributed by atoms with Crippen LogP contribution in [0.15, 0.2) is 18.2 Å². The van der Waals surface area contributed by atoms with Gasteiger partial charge < -0.3 is 21.5 Å². The number of carboxylic acids is 1. The average Bonchev–Trinajstić information content (AvgIpc) is 2.37. The van der Waals surface area contributed by atoms with Crippen LogP contribution in [0.25, 0.3) is 0 Å². The first-order valence-electron chi connectivity index (χ1n) is 6.25. The van der Waals surface area contributed by atoms with Crippen LogP contribution < -0.4 is 16.4 Å². The topological polar surface area (TPSA) is 122 Å². The molecular weight excluding hydrogens is 298 g/mol. The molecule has 0 saturated carbocycles. The first-order valence-corrected chi connectivity index (χ1v) is 6.63. The van der Waals surface area contributed by atoms with Gasteiger partial charge in [-0.3, -0.25) is 4.79 Å². The molecule has 0 saturated heterocycles. The van der Waals surface area contributed by atoms with Gasteiger partial charge in [0.2, 0.25) is 5.91 Å². The number of carbonyl (C=O) groups excluding carboxylic acids is 2. The minimum Gasteiger partial charge on any atom is -0.478 e. The van der Waals surface area contributed by atoms with Gasteiger partial charge in [0.15, 0.2) is 0 Å². The lowest BCUT2D eigenvalue weighted by molar-refractivity contribution is -0.118. The van der Waals surface area contributed by atoms with E-state index in [0.29, 0.717) is 19.4 Å². The maximum Gasteiger partial charge on any atom is 0.335 e. The van der Waals surface area contributed by atoms with Gasteiger partial charge in [-0.05, 0) is 31.0 Å². The Morgan fingerprint density at radius 2 is 1.90 bits per heavy atom. The van der Waals surface area contributed by atoms with Crippen molar-refractivity contribution in [3.63, 3.8) is 0 Å². The van der Waals surface area contributed by atoms with E-state index < -0.39 is 12.0 Å². The molecule has 21 heavy (non-hydrogen) atoms. The Bertz CT molecular complexity index is 548. The Labute approximate surface area is 126 Å². The van der Waals surface area contributed by atoms with Crippen LogP contribution in [0.2, 0.25) is 5.02 Å². The van der Waals surface area contributed by atoms with Crippen molar-refractivity contribution in [3.8, 4) is 0 Å². The van der Waals surface area contributed by atoms with E-state index in [1.54, 1.807) is 0 Å². The number of nitrogens with two attached hydrogens (primary N) is 1. The highest BCUT2D eigenvalue weighted by molar-refractivity contribution is 6.31. The van der Waals surface area contributed by atoms with Crippen LogP contribution in [0.1, 0.15) is 29.6 Å². The summed E-state index contributed by atoms with van der Waals surface area (Å²) in [6, 6.07) is 3.56. The molecule has 1 aromatic carbocycles. The van der Waals surface area contributed by atoms with Gasteiger partial charge in [-0.2, -0.15) is 0 Å². The lowest BCUT2D eigenvalue weighted by atomic mass is 10.2. The van der Waals surface area contributed by atoms with Gasteiger partial charge in [0.25, 0.3) is 0 Å². The number of hydrogen-bond acceptors (Lipinski definition) is 3. The number of rotatable bonds is 7. The van der Waals surface area contributed by atoms with Gasteiger partial charge in [-0.15, -0.1) is 0 Å². The quantitative estimate of drug-likeness (QED) is 0.573. The fourth-order valence-electron chi connectivity index (χ4n) is 1.59. The number of anilines is 1. The molecule has 1 aromatic rings. The summed E-state index contributed by atoms with van der Waals surface area (Å²) in [4.78, 5) is 33.0. The molecule has 0 atom stereocenters. The number of primary amides is 1. The van der Waals surface area contributed by atoms with E-state index in [2.05, 4.69) is 10.6 Å². The van der Waals surface area contributed by atoms with Crippen LogP contribution in [-0.4, -0.2) is 29.6 Å². The highest BCUT2D eigenvalue weighted by Crippen LogP contribution is 2.19. The summed E-state index contributed by atoms with van der Waals surface area (Å²) >= 11 is 5.77. The normalized spacial score (nSPS) is 9.95. The third-order valence-electron chi connectivity index (χ3n) is 2.54. The molecule has 7 nitrogen and oxygen atoms in total. The summed E-state index contributed by atoms with van der Waals surface area (Å²) in [5.74, 6) is -1.51. The van der Waals surface area contributed by atoms with Crippen LogP contribution in [-0.2, 0) is 4.79 Å². The van der Waals surface area contributed by atoms with Gasteiger partial charge in [-0.25, -0.2) is 9.59 Å². The number of carboxylic acid groups (broad SMARTS) is 1. The van der Waals surface area contributed by atoms with Crippen molar-refractivity contribution in [2.24, 2.45) is 5.73 Å². The Balaban J connectivity index is 2.44. The molecule has 0 spiro atoms. The number of halogens is 1. The van der Waals surface area contributed by atoms with Gasteiger partial charge in [0.1, 0.15) is 0 Å². The predicted molar refractivity (Wildman–Crippen MR) is 78.5 cm³/mol. The van der Waals surface area contributed by atoms with E-state index >= 15 is 0 Å². The average molecular weight is 314 g/mol. The van der Waals surface area contributed by atoms with Crippen LogP contribution >= 0.6 is 11.6 Å². The first kappa shape index (κ1) is 16.8. The Morgan fingerprint density at radius 3 is 2.52 bits per heavy atom. The molecule has 8 heteroatoms. The third-order valence-corrected chi connectivity index (χ3v) is 2.76. The molecule has 0 radical (unpaired) electrons. The molecule has 3 amide bonds. The van der Waals surface area contributed by atoms with E-state index in [-0.39, 0.29) is 28.6 Å². The van der Waals surface area contributed by atoms with E-state index in [9.17, 15) is 14.4 Å². The number of unbranched alkanes of at least 4 members (excludes halogenated alkanes) is 1. The number of benzene rings is 1. The fourth-order valence-corrected chi connectivity index (χ4v) is 1.82. The van der Waals surface area contributed by atoms with Crippen molar-refractivity contribution >= 4 is 35.2 Å². The van der Waals surface area contributed by atoms with Gasteiger partial charge in [0.05, 0.1) is 5.56 Å². The smallest absolute Gasteiger partial charge is 0.335 e. The summed E-state index contributed by atoms with van der Waals surface area (Å²) in [7, 11) is 0. The second-order valence-electron chi connectivity index (χ2n) is 4.34. The van der Waals surface area contributed by atoms with Crippen LogP contribution in [0, 0.1) is 0 Å². The van der Waals surface area contributed by atoms with Crippen molar-refractivity contribution in [3.05, 3.63) is 28.8 Å². The minimum atomic E-state index is -1.13. The van der Waals surface area contributed by atoms with Crippen LogP contribution in [0.4, 0.5) is 10.5 Å². The van der Waals surface area contributed by atoms with Crippen molar-refractivity contribution in [2.45, 2.75) is 19.3 Å². The molecule has 0 aromatic heterocycles. The van der Waals surface area contributed by atoms with E-state index in [1.165, 1.54) is 18.2 Å². The van der Waals surface area contributed by atoms with Crippen molar-refractivity contribution in [2.75, 3.05) is 11.9 Å². The molecule has 114 valence electrons. The monoisotopic (exact) mass is 313 g/mol. The zero-order chi connectivity index (χ0) is 15.8. The number of hydrogen-bond donors (Lipinski definition) is 4. The van der Waals surface area contributed by atoms with Gasteiger partial charge in [-0.1, -0.05) is 11.6 Å². The zero-order valence-electron chi connectivity index (χ0n) is 11.2. The molecule has 0 heterocycles. The van der Waals surface area contributed by atoms with Gasteiger partial charge in [0, 0.05) is 23.7 Å². The number of amides is 3. The van der Waals surface area contributed by atoms with E-state index in [1.807, 2.05) is 0 Å². The number of aromatic carboxylic acids is 1. The second-order valence-corrected chi connectivity index (χ2v) is 4.77. The highest BCUT2D eigenvalue weighted by Gasteiger charge is 2.08. The molecule has 0 unspecified atom stereocenters. The highest BCUT2D eigenvalue weighted by atomic mass is 35.5. The molecule has 0 bridgehead atoms. The Kier molecular flexibility index (Phi) is 6.48. The van der Waals surface area contributed by atoms with Crippen molar-refractivity contribution < 1.29 is 19.5 Å². The lowest BCUT2D eigenvalue weighted by Crippen LogP contribution is -2.29. The fraction of sp³-hybridized carbons (Fsp3) is 0.308. The summed E-state index contributed by atoms with van der Waals surface area (Å²) in [6.45, 7) is 0.380. The molecule has 0 aliphatic rings. The summed E-state index contributed by atoms with van der Waals surface area (Å²) in [5, 5.41) is 14.2. The van der Waals surface area contributed by atoms with E-state index in [4.69, 9.17) is 22.4 Å². The molecule has 5 N–H and O–H groups in total. The minimum absolute atomic E-state index is 0.0146. The van der Waals surface area contributed by atoms with Crippen LogP contribution in [0.3, 0.4) is 0 Å². The van der Waals surface area contributed by atoms with E-state index in [0.717, 1.165) is 0 Å². The SMILES string of the molecule is NC(=O)CCCCNC(=O)Nc1cc(Cl)cc(C(=O)O)c1. The number of carbonyl (C=O) groups is 3. The Hall–Kier alpha value is -2.28. The molecule has 0 aliphatic carbocycles. The first-order chi connectivity index (χ1) is 9.88. The predicted octanol–water partition coefficient (Wildman–Crippen LogP) is 1.82. The number of nitrogens with one attached hydrogen (secondary N) is 2. The van der Waals surface area contributed by atoms with Gasteiger partial charge >= 0.3 is 12.0 Å². The summed E-state index contributed by atoms with van der Waals surface area (Å²) in [6.07, 6.45) is 1.49. The molecule has 0 fully saturated rings. The summed E-state index contributed by atoms with van der Waals surface area (Å²) < 4.78 is 0. The van der Waals surface area contributed by atoms with Crippen LogP contribution in [0.5, 0.6) is 0 Å². The van der Waals surface area contributed by atoms with Crippen molar-refractivity contribution in [1.82, 2.24) is 5.32 Å². The molecule has 0 aliphatic heterocycles. The summed E-state index contributed by atoms with van der Waals surface area (Å²) in [5.41, 5.74) is 5.26. The lowest BCUT2D eigenvalue weighted by Gasteiger charge is -2.08. The standard InChI is InChI=1S/C13H16ClN3O4/c14-9-5-8(12(19)20)6-10(7-9)17-13(21)16-4-2-1-3-11(15)18/h5-7H,1-4H2,(H2,15,18)(H,19,20)(H2,16,17,21). The Morgan fingerprint density at radius 1 is 1.19 bits per heavy atom. The molecule has 1 rings (SSSR count). The largest absolute Gasteiger partial charge is 0.478 e. The number of urea groups is 1.